The Bertz CT molecular complexity index is 1280. The second-order valence-corrected chi connectivity index (χ2v) is 8.88. The third-order valence-electron chi connectivity index (χ3n) is 5.26. The Kier molecular flexibility index (Phi) is 6.28. The number of carbonyl (C=O) groups excluding carboxylic acids is 1. The SMILES string of the molecule is CC(=O)/C=C(/C)O.CC1(C)c2cccnc2-c2[c-]ccc3sc4cccc1c4c23.[Ir]. The van der Waals surface area contributed by atoms with Gasteiger partial charge in [-0.25, -0.2) is 0 Å². The van der Waals surface area contributed by atoms with Gasteiger partial charge in [0.05, 0.1) is 5.76 Å². The monoisotopic (exact) mass is 593 g/mol. The molecule has 5 heteroatoms. The van der Waals surface area contributed by atoms with E-state index < -0.39 is 0 Å². The molecule has 1 N–H and O–H groups in total. The summed E-state index contributed by atoms with van der Waals surface area (Å²) in [6.45, 7) is 7.45. The van der Waals surface area contributed by atoms with Crippen molar-refractivity contribution in [1.29, 1.82) is 0 Å². The van der Waals surface area contributed by atoms with E-state index in [1.807, 2.05) is 29.7 Å². The fourth-order valence-electron chi connectivity index (χ4n) is 4.06. The summed E-state index contributed by atoms with van der Waals surface area (Å²) in [5.74, 6) is -0.0625. The van der Waals surface area contributed by atoms with Crippen molar-refractivity contribution >= 4 is 37.3 Å². The minimum absolute atomic E-state index is 0. The number of ketones is 1. The molecule has 1 radical (unpaired) electrons. The topological polar surface area (TPSA) is 50.2 Å². The number of pyridine rings is 1. The minimum Gasteiger partial charge on any atom is -0.512 e. The number of aliphatic hydroxyl groups excluding tert-OH is 1. The van der Waals surface area contributed by atoms with Crippen molar-refractivity contribution in [2.24, 2.45) is 0 Å². The summed E-state index contributed by atoms with van der Waals surface area (Å²) in [7, 11) is 0. The van der Waals surface area contributed by atoms with Crippen molar-refractivity contribution in [2.45, 2.75) is 33.1 Å². The average molecular weight is 593 g/mol. The molecule has 2 heterocycles. The fourth-order valence-corrected chi connectivity index (χ4v) is 5.20. The molecule has 1 aliphatic carbocycles. The Hall–Kier alpha value is -2.33. The Balaban J connectivity index is 0.000000281. The van der Waals surface area contributed by atoms with E-state index in [0.29, 0.717) is 0 Å². The number of fused-ring (bicyclic) bond motifs is 2. The first-order valence-electron chi connectivity index (χ1n) is 9.51. The zero-order valence-electron chi connectivity index (χ0n) is 17.2. The predicted octanol–water partition coefficient (Wildman–Crippen LogP) is 6.59. The van der Waals surface area contributed by atoms with Gasteiger partial charge in [0.15, 0.2) is 5.78 Å². The van der Waals surface area contributed by atoms with Gasteiger partial charge < -0.3 is 10.1 Å². The normalized spacial score (nSPS) is 13.8. The number of hydrogen-bond acceptors (Lipinski definition) is 4. The summed E-state index contributed by atoms with van der Waals surface area (Å²) >= 11 is 1.87. The molecular weight excluding hydrogens is 571 g/mol. The zero-order chi connectivity index (χ0) is 20.8. The molecule has 0 bridgehead atoms. The first-order chi connectivity index (χ1) is 13.8. The van der Waals surface area contributed by atoms with Gasteiger partial charge in [-0.15, -0.1) is 23.8 Å². The molecule has 1 aliphatic rings. The summed E-state index contributed by atoms with van der Waals surface area (Å²) < 4.78 is 2.68. The molecule has 2 aromatic carbocycles. The van der Waals surface area contributed by atoms with Crippen LogP contribution in [-0.2, 0) is 30.3 Å². The quantitative estimate of drug-likeness (QED) is 0.154. The van der Waals surface area contributed by atoms with Gasteiger partial charge in [0.2, 0.25) is 0 Å². The van der Waals surface area contributed by atoms with Crippen LogP contribution in [-0.4, -0.2) is 15.9 Å². The molecule has 155 valence electrons. The molecule has 0 saturated heterocycles. The van der Waals surface area contributed by atoms with Crippen LogP contribution in [0.2, 0.25) is 0 Å². The van der Waals surface area contributed by atoms with E-state index in [2.05, 4.69) is 50.2 Å². The van der Waals surface area contributed by atoms with Crippen molar-refractivity contribution in [3.63, 3.8) is 0 Å². The fraction of sp³-hybridized carbons (Fsp3) is 0.200. The van der Waals surface area contributed by atoms with Gasteiger partial charge >= 0.3 is 0 Å². The molecule has 0 atom stereocenters. The van der Waals surface area contributed by atoms with E-state index in [1.165, 1.54) is 51.2 Å². The number of allylic oxidation sites excluding steroid dienone is 2. The predicted molar refractivity (Wildman–Crippen MR) is 121 cm³/mol. The van der Waals surface area contributed by atoms with Gasteiger partial charge in [0, 0.05) is 42.5 Å². The van der Waals surface area contributed by atoms with Crippen LogP contribution in [0.5, 0.6) is 0 Å². The molecule has 0 spiro atoms. The van der Waals surface area contributed by atoms with Crippen LogP contribution in [0, 0.1) is 6.07 Å². The van der Waals surface area contributed by atoms with Crippen LogP contribution in [0.15, 0.2) is 60.5 Å². The first-order valence-corrected chi connectivity index (χ1v) is 10.3. The van der Waals surface area contributed by atoms with Gasteiger partial charge in [-0.05, 0) is 47.3 Å². The van der Waals surface area contributed by atoms with Crippen LogP contribution in [0.25, 0.3) is 31.4 Å². The van der Waals surface area contributed by atoms with E-state index in [-0.39, 0.29) is 37.1 Å². The Morgan fingerprint density at radius 3 is 2.43 bits per heavy atom. The summed E-state index contributed by atoms with van der Waals surface area (Å²) in [5, 5.41) is 11.1. The standard InChI is InChI=1S/C20H14NS.C5H8O2.Ir/c1-20(2)13-7-4-10-16-18(13)17-12(6-3-9-15(17)22-16)19-14(20)8-5-11-21-19;1-4(6)3-5(2)7;/h3-5,7-11H,1-2H3;3,6H,1-2H3;/q-1;;/b;4-3-;. The van der Waals surface area contributed by atoms with Crippen LogP contribution in [0.1, 0.15) is 38.8 Å². The third kappa shape index (κ3) is 3.74. The van der Waals surface area contributed by atoms with E-state index in [0.717, 1.165) is 11.3 Å². The summed E-state index contributed by atoms with van der Waals surface area (Å²) in [6, 6.07) is 18.6. The molecule has 0 fully saturated rings. The number of rotatable bonds is 1. The van der Waals surface area contributed by atoms with E-state index in [4.69, 9.17) is 10.1 Å². The van der Waals surface area contributed by atoms with Gasteiger partial charge in [-0.1, -0.05) is 43.0 Å². The second-order valence-electron chi connectivity index (χ2n) is 7.79. The van der Waals surface area contributed by atoms with Crippen LogP contribution < -0.4 is 0 Å². The number of aliphatic hydroxyl groups is 1. The number of carbonyl (C=O) groups is 1. The molecule has 0 saturated carbocycles. The maximum Gasteiger partial charge on any atom is 0.155 e. The first kappa shape index (κ1) is 22.4. The van der Waals surface area contributed by atoms with Crippen molar-refractivity contribution in [3.05, 3.63) is 77.7 Å². The maximum absolute atomic E-state index is 10.0. The van der Waals surface area contributed by atoms with Crippen LogP contribution >= 0.6 is 11.3 Å². The number of hydrogen-bond donors (Lipinski definition) is 1. The number of nitrogens with zero attached hydrogens (tertiary/aromatic N) is 1. The number of aromatic nitrogens is 1. The molecule has 2 aromatic heterocycles. The molecule has 5 rings (SSSR count). The molecule has 0 amide bonds. The molecule has 3 nitrogen and oxygen atoms in total. The molecule has 30 heavy (non-hydrogen) atoms. The maximum atomic E-state index is 10.0. The van der Waals surface area contributed by atoms with Gasteiger partial charge in [0.25, 0.3) is 0 Å². The van der Waals surface area contributed by atoms with Gasteiger partial charge in [-0.3, -0.25) is 4.79 Å². The Morgan fingerprint density at radius 2 is 1.77 bits per heavy atom. The van der Waals surface area contributed by atoms with Crippen molar-refractivity contribution < 1.29 is 30.0 Å². The minimum atomic E-state index is -0.125. The molecule has 0 aliphatic heterocycles. The number of benzene rings is 2. The molecular formula is C25H22IrNO2S-. The molecule has 0 unspecified atom stereocenters. The Labute approximate surface area is 193 Å². The average Bonchev–Trinajstić information content (AvgIpc) is 3.02. The van der Waals surface area contributed by atoms with Crippen molar-refractivity contribution in [2.75, 3.05) is 0 Å². The van der Waals surface area contributed by atoms with E-state index in [1.54, 1.807) is 0 Å². The summed E-state index contributed by atoms with van der Waals surface area (Å²) in [4.78, 5) is 14.7. The van der Waals surface area contributed by atoms with Crippen molar-refractivity contribution in [3.8, 4) is 11.3 Å². The van der Waals surface area contributed by atoms with Crippen LogP contribution in [0.3, 0.4) is 0 Å². The Morgan fingerprint density at radius 1 is 1.07 bits per heavy atom. The van der Waals surface area contributed by atoms with E-state index >= 15 is 0 Å². The van der Waals surface area contributed by atoms with Crippen LogP contribution in [0.4, 0.5) is 0 Å². The van der Waals surface area contributed by atoms with Crippen molar-refractivity contribution in [1.82, 2.24) is 4.98 Å². The zero-order valence-corrected chi connectivity index (χ0v) is 20.5. The van der Waals surface area contributed by atoms with Gasteiger partial charge in [0.1, 0.15) is 0 Å². The largest absolute Gasteiger partial charge is 0.512 e. The van der Waals surface area contributed by atoms with E-state index in [9.17, 15) is 4.79 Å². The number of thiophene rings is 1. The summed E-state index contributed by atoms with van der Waals surface area (Å²) in [5.41, 5.74) is 4.84. The molecule has 4 aromatic rings. The van der Waals surface area contributed by atoms with Gasteiger partial charge in [-0.2, -0.15) is 11.3 Å². The smallest absolute Gasteiger partial charge is 0.155 e. The third-order valence-corrected chi connectivity index (χ3v) is 6.38. The second kappa shape index (κ2) is 8.43. The summed E-state index contributed by atoms with van der Waals surface area (Å²) in [6.07, 6.45) is 3.06.